The van der Waals surface area contributed by atoms with E-state index in [4.69, 9.17) is 44.8 Å². The number of carboxylic acids is 1. The minimum absolute atomic E-state index is 0.0120. The highest BCUT2D eigenvalue weighted by Crippen LogP contribution is 2.55. The molecule has 7 aliphatic rings. The van der Waals surface area contributed by atoms with Crippen LogP contribution in [0, 0.1) is 41.9 Å². The van der Waals surface area contributed by atoms with E-state index in [9.17, 15) is 44.7 Å². The molecule has 4 aliphatic heterocycles. The first-order valence-corrected chi connectivity index (χ1v) is 23.6. The molecule has 2 saturated heterocycles. The summed E-state index contributed by atoms with van der Waals surface area (Å²) in [4.78, 5) is 53.6. The minimum Gasteiger partial charge on any atom is -0.507 e. The summed E-state index contributed by atoms with van der Waals surface area (Å²) in [6.45, 7) is 8.47. The number of aliphatic hydroxyl groups is 3. The number of hydrogen-bond acceptors (Lipinski definition) is 15. The average Bonchev–Trinajstić information content (AvgIpc) is 3.48. The number of allylic oxidation sites excluding steroid dienone is 2. The smallest absolute Gasteiger partial charge is 0.379 e. The fourth-order valence-corrected chi connectivity index (χ4v) is 11.7. The zero-order valence-corrected chi connectivity index (χ0v) is 38.6. The quantitative estimate of drug-likeness (QED) is 0.109. The number of ether oxygens (including phenoxy) is 7. The molecule has 66 heavy (non-hydrogen) atoms. The predicted molar refractivity (Wildman–Crippen MR) is 233 cm³/mol. The standard InChI is InChI=1S/C49H61ClO16/c1-23-22-49-28(19-30(23)44(55)56)12-9-7-6-8-11-27-15-16-29-31(48(27,5)47(59)65-42(43(49)54)46(58)66-49)13-10-14-35(29)62-37-20-34(52)41(26(4)61-37)64-38-21-36(40(53)25(3)60-38)63-45(57)39-24(2)32(50)17-18-33(39)51/h9,12,15-19,23,25-29,31,34-38,40-41,51-54H,6-8,10-11,13-14,20-22H2,1-5H3,(H,55,56)/b12-9+/t23-,25-,26-,27?,28?,29?,31?,34-,35+,36-,37+,38+,40-,41-,48-,49?/m1/s1. The Morgan fingerprint density at radius 1 is 0.894 bits per heavy atom. The number of aliphatic carboxylic acids is 1. The fraction of sp³-hybridized carbons (Fsp3) is 0.633. The van der Waals surface area contributed by atoms with Crippen LogP contribution in [0.15, 0.2) is 59.6 Å². The summed E-state index contributed by atoms with van der Waals surface area (Å²) in [5.74, 6) is -7.22. The SMILES string of the molecule is Cc1c(Cl)ccc(O)c1C(=O)O[C@@H]1C[C@H](O[C@H]2[C@H](O)C[C@H](O[C@H]3CCCC4C3C=CC3CCCC/C=C/C5C=C(C(=O)O)[C@H](C)CC56OC(=O)C(=C6O)OC(=O)[C@]34C)O[C@@H]2C)O[C@H](C)[C@H]1O. The summed E-state index contributed by atoms with van der Waals surface area (Å²) in [6.07, 6.45) is 6.18. The molecule has 1 saturated carbocycles. The number of hydrogen-bond donors (Lipinski definition) is 5. The van der Waals surface area contributed by atoms with Crippen molar-refractivity contribution in [2.45, 2.75) is 160 Å². The van der Waals surface area contributed by atoms with E-state index in [0.717, 1.165) is 12.8 Å². The molecule has 3 fully saturated rings. The molecule has 0 amide bonds. The zero-order valence-electron chi connectivity index (χ0n) is 37.8. The van der Waals surface area contributed by atoms with E-state index in [1.165, 1.54) is 18.2 Å². The third-order valence-corrected chi connectivity index (χ3v) is 15.7. The third-order valence-electron chi connectivity index (χ3n) is 15.2. The van der Waals surface area contributed by atoms with Gasteiger partial charge in [0.15, 0.2) is 23.9 Å². The minimum atomic E-state index is -1.62. The van der Waals surface area contributed by atoms with Gasteiger partial charge >= 0.3 is 23.9 Å². The molecule has 1 aromatic carbocycles. The van der Waals surface area contributed by atoms with Crippen molar-refractivity contribution in [2.24, 2.45) is 35.0 Å². The van der Waals surface area contributed by atoms with Crippen molar-refractivity contribution >= 4 is 35.5 Å². The fourth-order valence-electron chi connectivity index (χ4n) is 11.5. The van der Waals surface area contributed by atoms with Gasteiger partial charge in [0.1, 0.15) is 29.6 Å². The molecule has 0 radical (unpaired) electrons. The molecule has 360 valence electrons. The van der Waals surface area contributed by atoms with Crippen LogP contribution >= 0.6 is 11.6 Å². The molecule has 0 aromatic heterocycles. The normalized spacial score (nSPS) is 40.9. The Labute approximate surface area is 388 Å². The largest absolute Gasteiger partial charge is 0.507 e. The summed E-state index contributed by atoms with van der Waals surface area (Å²) >= 11 is 6.19. The van der Waals surface area contributed by atoms with Crippen LogP contribution < -0.4 is 0 Å². The van der Waals surface area contributed by atoms with E-state index < -0.39 is 114 Å². The topological polar surface area (TPSA) is 234 Å². The molecular formula is C49H61ClO16. The first-order chi connectivity index (χ1) is 31.3. The van der Waals surface area contributed by atoms with E-state index in [-0.39, 0.29) is 58.9 Å². The second-order valence-corrected chi connectivity index (χ2v) is 19.8. The molecule has 8 rings (SSSR count). The van der Waals surface area contributed by atoms with Gasteiger partial charge in [0.05, 0.1) is 29.8 Å². The van der Waals surface area contributed by atoms with Crippen LogP contribution in [0.4, 0.5) is 0 Å². The van der Waals surface area contributed by atoms with Crippen molar-refractivity contribution in [3.05, 3.63) is 75.8 Å². The van der Waals surface area contributed by atoms with Gasteiger partial charge < -0.3 is 58.7 Å². The molecule has 1 aromatic rings. The first kappa shape index (κ1) is 48.2. The maximum Gasteiger partial charge on any atom is 0.379 e. The highest BCUT2D eigenvalue weighted by atomic mass is 35.5. The van der Waals surface area contributed by atoms with Gasteiger partial charge in [-0.3, -0.25) is 4.79 Å². The number of rotatable bonds is 7. The molecule has 3 aliphatic carbocycles. The van der Waals surface area contributed by atoms with Crippen LogP contribution in [0.3, 0.4) is 0 Å². The number of carbonyl (C=O) groups is 4. The number of fused-ring (bicyclic) bond motifs is 3. The first-order valence-electron chi connectivity index (χ1n) is 23.2. The van der Waals surface area contributed by atoms with E-state index in [1.807, 2.05) is 19.1 Å². The number of halogens is 1. The van der Waals surface area contributed by atoms with Gasteiger partial charge in [0, 0.05) is 41.7 Å². The van der Waals surface area contributed by atoms with Gasteiger partial charge in [-0.15, -0.1) is 0 Å². The molecule has 2 bridgehead atoms. The Hall–Kier alpha value is -4.29. The highest BCUT2D eigenvalue weighted by molar-refractivity contribution is 6.32. The molecule has 17 heteroatoms. The summed E-state index contributed by atoms with van der Waals surface area (Å²) in [7, 11) is 0. The molecule has 5 N–H and O–H groups in total. The monoisotopic (exact) mass is 940 g/mol. The number of phenolic OH excluding ortho intramolecular Hbond substituents is 1. The van der Waals surface area contributed by atoms with E-state index in [2.05, 4.69) is 6.08 Å². The number of carbonyl (C=O) groups excluding carboxylic acids is 3. The molecule has 16 nitrogen and oxygen atoms in total. The third kappa shape index (κ3) is 8.83. The van der Waals surface area contributed by atoms with E-state index in [0.29, 0.717) is 37.7 Å². The molecule has 4 heterocycles. The molecular weight excluding hydrogens is 880 g/mol. The average molecular weight is 941 g/mol. The van der Waals surface area contributed by atoms with Gasteiger partial charge in [0.25, 0.3) is 5.76 Å². The lowest BCUT2D eigenvalue weighted by atomic mass is 9.55. The summed E-state index contributed by atoms with van der Waals surface area (Å²) < 4.78 is 42.8. The highest BCUT2D eigenvalue weighted by Gasteiger charge is 2.60. The van der Waals surface area contributed by atoms with Crippen molar-refractivity contribution in [3.8, 4) is 5.75 Å². The number of aromatic hydroxyl groups is 1. The Balaban J connectivity index is 0.954. The number of benzene rings is 1. The van der Waals surface area contributed by atoms with Crippen molar-refractivity contribution in [1.29, 1.82) is 0 Å². The Morgan fingerprint density at radius 2 is 1.64 bits per heavy atom. The lowest BCUT2D eigenvalue weighted by Gasteiger charge is -2.51. The van der Waals surface area contributed by atoms with E-state index >= 15 is 0 Å². The van der Waals surface area contributed by atoms with Crippen LogP contribution in [-0.4, -0.2) is 110 Å². The van der Waals surface area contributed by atoms with Crippen LogP contribution in [0.25, 0.3) is 0 Å². The lowest BCUT2D eigenvalue weighted by Crippen LogP contribution is -2.56. The second kappa shape index (κ2) is 19.0. The second-order valence-electron chi connectivity index (χ2n) is 19.4. The van der Waals surface area contributed by atoms with Gasteiger partial charge in [-0.2, -0.15) is 0 Å². The number of aliphatic hydroxyl groups excluding tert-OH is 3. The van der Waals surface area contributed by atoms with Crippen molar-refractivity contribution in [3.63, 3.8) is 0 Å². The lowest BCUT2D eigenvalue weighted by molar-refractivity contribution is -0.318. The van der Waals surface area contributed by atoms with Gasteiger partial charge in [-0.1, -0.05) is 61.7 Å². The van der Waals surface area contributed by atoms with E-state index in [1.54, 1.807) is 33.8 Å². The molecule has 1 spiro atoms. The maximum absolute atomic E-state index is 14.7. The van der Waals surface area contributed by atoms with Crippen molar-refractivity contribution in [2.75, 3.05) is 0 Å². The van der Waals surface area contributed by atoms with Gasteiger partial charge in [0.2, 0.25) is 0 Å². The molecule has 5 unspecified atom stereocenters. The maximum atomic E-state index is 14.7. The summed E-state index contributed by atoms with van der Waals surface area (Å²) in [6, 6.07) is 2.75. The Kier molecular flexibility index (Phi) is 13.9. The van der Waals surface area contributed by atoms with Gasteiger partial charge in [-0.25, -0.2) is 14.4 Å². The number of carboxylic acid groups (broad SMARTS) is 1. The summed E-state index contributed by atoms with van der Waals surface area (Å²) in [5, 5.41) is 54.7. The predicted octanol–water partition coefficient (Wildman–Crippen LogP) is 6.66. The van der Waals surface area contributed by atoms with Crippen LogP contribution in [0.5, 0.6) is 5.75 Å². The van der Waals surface area contributed by atoms with Crippen molar-refractivity contribution in [1.82, 2.24) is 0 Å². The Morgan fingerprint density at radius 3 is 2.38 bits per heavy atom. The van der Waals surface area contributed by atoms with Crippen LogP contribution in [0.2, 0.25) is 5.02 Å². The number of esters is 3. The summed E-state index contributed by atoms with van der Waals surface area (Å²) in [5.41, 5.74) is -2.41. The van der Waals surface area contributed by atoms with Crippen molar-refractivity contribution < 1.29 is 77.9 Å². The Bertz CT molecular complexity index is 2190. The van der Waals surface area contributed by atoms with Gasteiger partial charge in [-0.05, 0) is 95.2 Å². The molecule has 16 atom stereocenters. The van der Waals surface area contributed by atoms with Crippen LogP contribution in [-0.2, 0) is 47.5 Å². The number of phenols is 1. The van der Waals surface area contributed by atoms with Crippen LogP contribution in [0.1, 0.15) is 108 Å². The zero-order chi connectivity index (χ0) is 47.4.